The van der Waals surface area contributed by atoms with Gasteiger partial charge in [0.05, 0.1) is 0 Å². The van der Waals surface area contributed by atoms with Crippen molar-refractivity contribution in [2.75, 3.05) is 19.6 Å². The molecule has 0 aromatic heterocycles. The summed E-state index contributed by atoms with van der Waals surface area (Å²) in [5.41, 5.74) is 0.300. The highest BCUT2D eigenvalue weighted by molar-refractivity contribution is 4.88. The van der Waals surface area contributed by atoms with Gasteiger partial charge in [0.15, 0.2) is 0 Å². The zero-order valence-electron chi connectivity index (χ0n) is 10.6. The predicted molar refractivity (Wildman–Crippen MR) is 65.1 cm³/mol. The molecule has 0 aromatic rings. The molecule has 0 bridgehead atoms. The van der Waals surface area contributed by atoms with Gasteiger partial charge in [-0.3, -0.25) is 4.90 Å². The normalized spacial score (nSPS) is 32.6. The van der Waals surface area contributed by atoms with Crippen molar-refractivity contribution >= 4 is 0 Å². The molecule has 2 heteroatoms. The maximum Gasteiger partial charge on any atom is 0.0252 e. The molecule has 88 valence electrons. The molecule has 1 saturated heterocycles. The van der Waals surface area contributed by atoms with Crippen molar-refractivity contribution in [3.63, 3.8) is 0 Å². The summed E-state index contributed by atoms with van der Waals surface area (Å²) in [4.78, 5) is 2.69. The van der Waals surface area contributed by atoms with Crippen molar-refractivity contribution in [1.29, 1.82) is 0 Å². The number of hydrogen-bond donors (Lipinski definition) is 1. The van der Waals surface area contributed by atoms with E-state index < -0.39 is 0 Å². The standard InChI is InChI=1S/C13H26N2/c1-11-6-8-14-13(2,3)10-15(11)9-7-12-4-5-12/h11-12,14H,4-10H2,1-3H3. The molecule has 1 atom stereocenters. The van der Waals surface area contributed by atoms with Crippen LogP contribution in [0.25, 0.3) is 0 Å². The summed E-state index contributed by atoms with van der Waals surface area (Å²) >= 11 is 0. The summed E-state index contributed by atoms with van der Waals surface area (Å²) in [7, 11) is 0. The van der Waals surface area contributed by atoms with E-state index in [1.807, 2.05) is 0 Å². The third-order valence-electron chi connectivity index (χ3n) is 3.91. The average Bonchev–Trinajstić information content (AvgIpc) is 2.93. The quantitative estimate of drug-likeness (QED) is 0.768. The summed E-state index contributed by atoms with van der Waals surface area (Å²) in [6.07, 6.45) is 5.71. The summed E-state index contributed by atoms with van der Waals surface area (Å²) in [5.74, 6) is 1.07. The van der Waals surface area contributed by atoms with Gasteiger partial charge in [0.2, 0.25) is 0 Å². The predicted octanol–water partition coefficient (Wildman–Crippen LogP) is 2.25. The van der Waals surface area contributed by atoms with Gasteiger partial charge >= 0.3 is 0 Å². The third kappa shape index (κ3) is 3.46. The molecular formula is C13H26N2. The van der Waals surface area contributed by atoms with E-state index >= 15 is 0 Å². The first kappa shape index (κ1) is 11.4. The van der Waals surface area contributed by atoms with Crippen molar-refractivity contribution < 1.29 is 0 Å². The fourth-order valence-electron chi connectivity index (χ4n) is 2.58. The maximum atomic E-state index is 3.64. The van der Waals surface area contributed by atoms with E-state index in [0.29, 0.717) is 5.54 Å². The third-order valence-corrected chi connectivity index (χ3v) is 3.91. The number of hydrogen-bond acceptors (Lipinski definition) is 2. The second-order valence-corrected chi connectivity index (χ2v) is 6.15. The lowest BCUT2D eigenvalue weighted by molar-refractivity contribution is 0.176. The maximum absolute atomic E-state index is 3.64. The van der Waals surface area contributed by atoms with E-state index in [2.05, 4.69) is 31.0 Å². The molecule has 1 saturated carbocycles. The molecule has 1 aliphatic carbocycles. The largest absolute Gasteiger partial charge is 0.310 e. The molecule has 0 amide bonds. The Balaban J connectivity index is 1.86. The Morgan fingerprint density at radius 2 is 2.00 bits per heavy atom. The zero-order valence-corrected chi connectivity index (χ0v) is 10.6. The molecule has 2 aliphatic rings. The fourth-order valence-corrected chi connectivity index (χ4v) is 2.58. The number of nitrogens with zero attached hydrogens (tertiary/aromatic N) is 1. The zero-order chi connectivity index (χ0) is 10.9. The smallest absolute Gasteiger partial charge is 0.0252 e. The fraction of sp³-hybridized carbons (Fsp3) is 1.00. The Morgan fingerprint density at radius 3 is 2.67 bits per heavy atom. The summed E-state index contributed by atoms with van der Waals surface area (Å²) in [6, 6.07) is 0.762. The molecule has 2 fully saturated rings. The van der Waals surface area contributed by atoms with E-state index in [1.54, 1.807) is 0 Å². The molecule has 0 spiro atoms. The lowest BCUT2D eigenvalue weighted by atomic mass is 10.1. The molecular weight excluding hydrogens is 184 g/mol. The molecule has 1 aliphatic heterocycles. The van der Waals surface area contributed by atoms with Crippen molar-refractivity contribution in [3.05, 3.63) is 0 Å². The number of rotatable bonds is 3. The van der Waals surface area contributed by atoms with Gasteiger partial charge < -0.3 is 5.32 Å². The first-order valence-electron chi connectivity index (χ1n) is 6.56. The molecule has 1 N–H and O–H groups in total. The van der Waals surface area contributed by atoms with Crippen LogP contribution >= 0.6 is 0 Å². The van der Waals surface area contributed by atoms with Crippen LogP contribution in [0.15, 0.2) is 0 Å². The van der Waals surface area contributed by atoms with E-state index in [1.165, 1.54) is 45.3 Å². The van der Waals surface area contributed by atoms with Crippen LogP contribution in [0, 0.1) is 5.92 Å². The number of nitrogens with one attached hydrogen (secondary N) is 1. The highest BCUT2D eigenvalue weighted by Crippen LogP contribution is 2.33. The minimum absolute atomic E-state index is 0.300. The van der Waals surface area contributed by atoms with Gasteiger partial charge in [-0.25, -0.2) is 0 Å². The second-order valence-electron chi connectivity index (χ2n) is 6.15. The first-order valence-corrected chi connectivity index (χ1v) is 6.56. The van der Waals surface area contributed by atoms with Crippen LogP contribution in [0.4, 0.5) is 0 Å². The monoisotopic (exact) mass is 210 g/mol. The van der Waals surface area contributed by atoms with Gasteiger partial charge in [-0.05, 0) is 52.6 Å². The Labute approximate surface area is 94.4 Å². The van der Waals surface area contributed by atoms with E-state index in [-0.39, 0.29) is 0 Å². The van der Waals surface area contributed by atoms with Crippen molar-refractivity contribution in [2.24, 2.45) is 5.92 Å². The first-order chi connectivity index (χ1) is 7.07. The van der Waals surface area contributed by atoms with Gasteiger partial charge in [-0.15, -0.1) is 0 Å². The molecule has 0 aromatic carbocycles. The van der Waals surface area contributed by atoms with Gasteiger partial charge in [-0.1, -0.05) is 12.8 Å². The Bertz CT molecular complexity index is 209. The van der Waals surface area contributed by atoms with Crippen LogP contribution in [0.1, 0.15) is 46.5 Å². The SMILES string of the molecule is CC1CCNC(C)(C)CN1CCC1CC1. The van der Waals surface area contributed by atoms with Crippen molar-refractivity contribution in [3.8, 4) is 0 Å². The van der Waals surface area contributed by atoms with Crippen LogP contribution in [0.3, 0.4) is 0 Å². The van der Waals surface area contributed by atoms with Crippen LogP contribution in [0.5, 0.6) is 0 Å². The topological polar surface area (TPSA) is 15.3 Å². The van der Waals surface area contributed by atoms with Crippen molar-refractivity contribution in [2.45, 2.75) is 58.0 Å². The van der Waals surface area contributed by atoms with E-state index in [0.717, 1.165) is 12.0 Å². The summed E-state index contributed by atoms with van der Waals surface area (Å²) < 4.78 is 0. The molecule has 1 heterocycles. The van der Waals surface area contributed by atoms with E-state index in [4.69, 9.17) is 0 Å². The van der Waals surface area contributed by atoms with Crippen LogP contribution in [-0.2, 0) is 0 Å². The van der Waals surface area contributed by atoms with Gasteiger partial charge in [-0.2, -0.15) is 0 Å². The van der Waals surface area contributed by atoms with Crippen LogP contribution < -0.4 is 5.32 Å². The van der Waals surface area contributed by atoms with E-state index in [9.17, 15) is 0 Å². The molecule has 0 radical (unpaired) electrons. The minimum Gasteiger partial charge on any atom is -0.310 e. The second kappa shape index (κ2) is 4.42. The van der Waals surface area contributed by atoms with Crippen LogP contribution in [0.2, 0.25) is 0 Å². The lowest BCUT2D eigenvalue weighted by Gasteiger charge is -2.33. The highest BCUT2D eigenvalue weighted by atomic mass is 15.2. The Morgan fingerprint density at radius 1 is 1.27 bits per heavy atom. The molecule has 1 unspecified atom stereocenters. The molecule has 2 rings (SSSR count). The summed E-state index contributed by atoms with van der Waals surface area (Å²) in [6.45, 7) is 10.7. The lowest BCUT2D eigenvalue weighted by Crippen LogP contribution is -2.47. The average molecular weight is 210 g/mol. The Hall–Kier alpha value is -0.0800. The van der Waals surface area contributed by atoms with Gasteiger partial charge in [0.25, 0.3) is 0 Å². The minimum atomic E-state index is 0.300. The summed E-state index contributed by atoms with van der Waals surface area (Å²) in [5, 5.41) is 3.64. The Kier molecular flexibility index (Phi) is 3.36. The van der Waals surface area contributed by atoms with Crippen LogP contribution in [-0.4, -0.2) is 36.1 Å². The van der Waals surface area contributed by atoms with Crippen molar-refractivity contribution in [1.82, 2.24) is 10.2 Å². The molecule has 15 heavy (non-hydrogen) atoms. The highest BCUT2D eigenvalue weighted by Gasteiger charge is 2.29. The van der Waals surface area contributed by atoms with Gasteiger partial charge in [0.1, 0.15) is 0 Å². The molecule has 2 nitrogen and oxygen atoms in total. The van der Waals surface area contributed by atoms with Gasteiger partial charge in [0, 0.05) is 18.1 Å².